The molecule has 1 amide bonds. The van der Waals surface area contributed by atoms with Crippen LogP contribution in [-0.2, 0) is 6.54 Å². The van der Waals surface area contributed by atoms with Crippen molar-refractivity contribution in [3.05, 3.63) is 75.1 Å². The summed E-state index contributed by atoms with van der Waals surface area (Å²) in [4.78, 5) is 22.3. The molecule has 0 fully saturated rings. The fraction of sp³-hybridized carbons (Fsp3) is 0.133. The number of hydrogen-bond donors (Lipinski definition) is 1. The van der Waals surface area contributed by atoms with Crippen LogP contribution in [0.5, 0.6) is 0 Å². The second kappa shape index (κ2) is 6.13. The van der Waals surface area contributed by atoms with Gasteiger partial charge in [-0.1, -0.05) is 18.2 Å². The molecule has 0 unspecified atom stereocenters. The van der Waals surface area contributed by atoms with Crippen LogP contribution in [0.2, 0.25) is 0 Å². The highest BCUT2D eigenvalue weighted by Gasteiger charge is 2.14. The first-order valence-corrected chi connectivity index (χ1v) is 6.25. The lowest BCUT2D eigenvalue weighted by Crippen LogP contribution is -2.22. The molecule has 0 atom stereocenters. The maximum absolute atomic E-state index is 12.8. The van der Waals surface area contributed by atoms with Crippen molar-refractivity contribution in [2.45, 2.75) is 13.5 Å². The van der Waals surface area contributed by atoms with Gasteiger partial charge < -0.3 is 5.32 Å². The predicted molar refractivity (Wildman–Crippen MR) is 75.4 cm³/mol. The predicted octanol–water partition coefficient (Wildman–Crippen LogP) is 2.97. The monoisotopic (exact) mass is 288 g/mol. The Balaban J connectivity index is 2.08. The van der Waals surface area contributed by atoms with Crippen molar-refractivity contribution in [3.63, 3.8) is 0 Å². The zero-order valence-electron chi connectivity index (χ0n) is 11.3. The van der Waals surface area contributed by atoms with Crippen molar-refractivity contribution in [1.82, 2.24) is 5.32 Å². The van der Waals surface area contributed by atoms with Gasteiger partial charge in [-0.25, -0.2) is 4.39 Å². The quantitative estimate of drug-likeness (QED) is 0.694. The molecule has 0 aromatic heterocycles. The topological polar surface area (TPSA) is 72.2 Å². The van der Waals surface area contributed by atoms with Crippen molar-refractivity contribution in [1.29, 1.82) is 0 Å². The summed E-state index contributed by atoms with van der Waals surface area (Å²) in [6, 6.07) is 10.0. The van der Waals surface area contributed by atoms with Crippen LogP contribution in [0.15, 0.2) is 42.5 Å². The van der Waals surface area contributed by atoms with Crippen molar-refractivity contribution in [2.24, 2.45) is 0 Å². The van der Waals surface area contributed by atoms with Crippen molar-refractivity contribution < 1.29 is 14.1 Å². The summed E-state index contributed by atoms with van der Waals surface area (Å²) in [5.41, 5.74) is 1.36. The Morgan fingerprint density at radius 2 is 1.90 bits per heavy atom. The van der Waals surface area contributed by atoms with E-state index in [1.165, 1.54) is 30.3 Å². The summed E-state index contributed by atoms with van der Waals surface area (Å²) < 4.78 is 12.8. The number of aryl methyl sites for hydroxylation is 1. The summed E-state index contributed by atoms with van der Waals surface area (Å²) in [6.45, 7) is 1.83. The number of hydrogen-bond acceptors (Lipinski definition) is 3. The normalized spacial score (nSPS) is 10.2. The number of carbonyl (C=O) groups is 1. The molecule has 0 saturated heterocycles. The van der Waals surface area contributed by atoms with Crippen LogP contribution in [0.3, 0.4) is 0 Å². The Kier molecular flexibility index (Phi) is 4.27. The van der Waals surface area contributed by atoms with Crippen molar-refractivity contribution in [3.8, 4) is 0 Å². The molecule has 6 heteroatoms. The van der Waals surface area contributed by atoms with Gasteiger partial charge in [-0.2, -0.15) is 0 Å². The minimum atomic E-state index is -0.522. The van der Waals surface area contributed by atoms with Crippen LogP contribution >= 0.6 is 0 Å². The number of amides is 1. The lowest BCUT2D eigenvalue weighted by molar-refractivity contribution is -0.385. The second-order valence-electron chi connectivity index (χ2n) is 4.57. The maximum Gasteiger partial charge on any atom is 0.273 e. The first kappa shape index (κ1) is 14.6. The molecule has 0 aliphatic carbocycles. The lowest BCUT2D eigenvalue weighted by atomic mass is 10.1. The summed E-state index contributed by atoms with van der Waals surface area (Å²) in [7, 11) is 0. The smallest absolute Gasteiger partial charge is 0.273 e. The molecule has 1 N–H and O–H groups in total. The van der Waals surface area contributed by atoms with Gasteiger partial charge >= 0.3 is 0 Å². The number of nitro benzene ring substituents is 1. The Morgan fingerprint density at radius 3 is 2.52 bits per heavy atom. The minimum absolute atomic E-state index is 0.0931. The van der Waals surface area contributed by atoms with E-state index >= 15 is 0 Å². The molecule has 21 heavy (non-hydrogen) atoms. The molecule has 0 radical (unpaired) electrons. The van der Waals surface area contributed by atoms with E-state index in [4.69, 9.17) is 0 Å². The van der Waals surface area contributed by atoms with Crippen LogP contribution in [-0.4, -0.2) is 10.8 Å². The summed E-state index contributed by atoms with van der Waals surface area (Å²) in [6.07, 6.45) is 0. The SMILES string of the molecule is Cc1ccc(C(=O)NCc2ccc(F)cc2)cc1[N+](=O)[O-]. The van der Waals surface area contributed by atoms with Crippen molar-refractivity contribution >= 4 is 11.6 Å². The summed E-state index contributed by atoms with van der Waals surface area (Å²) in [5.74, 6) is -0.762. The highest BCUT2D eigenvalue weighted by molar-refractivity contribution is 5.94. The van der Waals surface area contributed by atoms with Gasteiger partial charge in [0.2, 0.25) is 0 Å². The Hall–Kier alpha value is -2.76. The zero-order valence-corrected chi connectivity index (χ0v) is 11.3. The molecule has 2 rings (SSSR count). The lowest BCUT2D eigenvalue weighted by Gasteiger charge is -2.06. The number of halogens is 1. The van der Waals surface area contributed by atoms with Gasteiger partial charge in [0.1, 0.15) is 5.82 Å². The molecule has 108 valence electrons. The summed E-state index contributed by atoms with van der Waals surface area (Å²) in [5, 5.41) is 13.5. The van der Waals surface area contributed by atoms with Crippen LogP contribution in [0.1, 0.15) is 21.5 Å². The van der Waals surface area contributed by atoms with Gasteiger partial charge in [-0.05, 0) is 30.7 Å². The average Bonchev–Trinajstić information content (AvgIpc) is 2.46. The maximum atomic E-state index is 12.8. The number of nitrogens with zero attached hydrogens (tertiary/aromatic N) is 1. The van der Waals surface area contributed by atoms with Gasteiger partial charge in [-0.15, -0.1) is 0 Å². The molecule has 0 aliphatic rings. The van der Waals surface area contributed by atoms with Crippen molar-refractivity contribution in [2.75, 3.05) is 0 Å². The van der Waals surface area contributed by atoms with E-state index in [9.17, 15) is 19.3 Å². The van der Waals surface area contributed by atoms with Gasteiger partial charge in [0, 0.05) is 23.7 Å². The molecule has 2 aromatic rings. The first-order chi connectivity index (χ1) is 9.97. The third-order valence-electron chi connectivity index (χ3n) is 3.03. The molecular formula is C15H13FN2O3. The van der Waals surface area contributed by atoms with Crippen LogP contribution in [0.4, 0.5) is 10.1 Å². The van der Waals surface area contributed by atoms with Gasteiger partial charge in [-0.3, -0.25) is 14.9 Å². The van der Waals surface area contributed by atoms with E-state index in [1.54, 1.807) is 19.1 Å². The molecule has 5 nitrogen and oxygen atoms in total. The minimum Gasteiger partial charge on any atom is -0.348 e. The van der Waals surface area contributed by atoms with E-state index in [0.717, 1.165) is 5.56 Å². The van der Waals surface area contributed by atoms with Gasteiger partial charge in [0.05, 0.1) is 4.92 Å². The fourth-order valence-corrected chi connectivity index (χ4v) is 1.83. The van der Waals surface area contributed by atoms with Gasteiger partial charge in [0.25, 0.3) is 11.6 Å². The van der Waals surface area contributed by atoms with E-state index in [2.05, 4.69) is 5.32 Å². The number of rotatable bonds is 4. The first-order valence-electron chi connectivity index (χ1n) is 6.25. The average molecular weight is 288 g/mol. The highest BCUT2D eigenvalue weighted by Crippen LogP contribution is 2.19. The molecule has 2 aromatic carbocycles. The van der Waals surface area contributed by atoms with Crippen LogP contribution in [0.25, 0.3) is 0 Å². The Bertz CT molecular complexity index is 684. The zero-order chi connectivity index (χ0) is 15.4. The molecular weight excluding hydrogens is 275 g/mol. The molecule has 0 bridgehead atoms. The molecule has 0 spiro atoms. The van der Waals surface area contributed by atoms with Crippen LogP contribution in [0, 0.1) is 22.9 Å². The molecule has 0 heterocycles. The van der Waals surface area contributed by atoms with Gasteiger partial charge in [0.15, 0.2) is 0 Å². The molecule has 0 saturated carbocycles. The van der Waals surface area contributed by atoms with Crippen LogP contribution < -0.4 is 5.32 Å². The highest BCUT2D eigenvalue weighted by atomic mass is 19.1. The van der Waals surface area contributed by atoms with E-state index in [1.807, 2.05) is 0 Å². The third-order valence-corrected chi connectivity index (χ3v) is 3.03. The number of nitrogens with one attached hydrogen (secondary N) is 1. The standard InChI is InChI=1S/C15H13FN2O3/c1-10-2-5-12(8-14(10)18(20)21)15(19)17-9-11-3-6-13(16)7-4-11/h2-8H,9H2,1H3,(H,17,19). The van der Waals surface area contributed by atoms with E-state index < -0.39 is 10.8 Å². The summed E-state index contributed by atoms with van der Waals surface area (Å²) >= 11 is 0. The Morgan fingerprint density at radius 1 is 1.24 bits per heavy atom. The number of benzene rings is 2. The third kappa shape index (κ3) is 3.62. The second-order valence-corrected chi connectivity index (χ2v) is 4.57. The fourth-order valence-electron chi connectivity index (χ4n) is 1.83. The van der Waals surface area contributed by atoms with E-state index in [0.29, 0.717) is 5.56 Å². The number of nitro groups is 1. The largest absolute Gasteiger partial charge is 0.348 e. The molecule has 0 aliphatic heterocycles. The Labute approximate surface area is 120 Å². The van der Waals surface area contributed by atoms with E-state index in [-0.39, 0.29) is 23.6 Å². The number of carbonyl (C=O) groups excluding carboxylic acids is 1.